The summed E-state index contributed by atoms with van der Waals surface area (Å²) in [6.07, 6.45) is 0.166. The predicted octanol–water partition coefficient (Wildman–Crippen LogP) is 0.891. The number of hydrogen-bond acceptors (Lipinski definition) is 10. The van der Waals surface area contributed by atoms with Crippen LogP contribution in [-0.4, -0.2) is 92.3 Å². The number of benzene rings is 1. The van der Waals surface area contributed by atoms with Gasteiger partial charge in [0.1, 0.15) is 18.2 Å². The zero-order valence-corrected chi connectivity index (χ0v) is 21.3. The highest BCUT2D eigenvalue weighted by Crippen LogP contribution is 2.32. The van der Waals surface area contributed by atoms with Gasteiger partial charge in [-0.2, -0.15) is 0 Å². The highest BCUT2D eigenvalue weighted by atomic mass is 16.6. The number of piperidine rings is 1. The number of nitrogens with zero attached hydrogens (tertiary/aromatic N) is 1. The normalized spacial score (nSPS) is 17.6. The van der Waals surface area contributed by atoms with E-state index in [9.17, 15) is 24.0 Å². The van der Waals surface area contributed by atoms with Crippen LogP contribution in [-0.2, 0) is 33.3 Å². The minimum absolute atomic E-state index is 0.0646. The number of amides is 4. The van der Waals surface area contributed by atoms with Crippen molar-refractivity contribution in [2.45, 2.75) is 45.3 Å². The van der Waals surface area contributed by atoms with E-state index in [-0.39, 0.29) is 37.2 Å². The molecule has 12 heteroatoms. The first-order valence-corrected chi connectivity index (χ1v) is 12.1. The molecule has 202 valence electrons. The first kappa shape index (κ1) is 28.2. The van der Waals surface area contributed by atoms with Crippen LogP contribution in [0.15, 0.2) is 18.2 Å². The summed E-state index contributed by atoms with van der Waals surface area (Å²) in [6, 6.07) is 3.86. The van der Waals surface area contributed by atoms with E-state index in [1.54, 1.807) is 32.9 Å². The second-order valence-electron chi connectivity index (χ2n) is 9.47. The highest BCUT2D eigenvalue weighted by molar-refractivity contribution is 6.25. The maximum absolute atomic E-state index is 13.1. The van der Waals surface area contributed by atoms with Crippen molar-refractivity contribution in [3.05, 3.63) is 29.3 Å². The molecular weight excluding hydrogens is 486 g/mol. The molecule has 0 aromatic heterocycles. The van der Waals surface area contributed by atoms with Crippen molar-refractivity contribution < 1.29 is 42.9 Å². The molecule has 1 aromatic carbocycles. The second kappa shape index (κ2) is 12.7. The fourth-order valence-corrected chi connectivity index (χ4v) is 3.89. The van der Waals surface area contributed by atoms with E-state index < -0.39 is 41.2 Å². The number of ether oxygens (including phenoxy) is 4. The topological polar surface area (TPSA) is 150 Å². The summed E-state index contributed by atoms with van der Waals surface area (Å²) in [4.78, 5) is 62.0. The lowest BCUT2D eigenvalue weighted by atomic mass is 10.0. The average Bonchev–Trinajstić information content (AvgIpc) is 3.07. The zero-order valence-electron chi connectivity index (χ0n) is 21.3. The van der Waals surface area contributed by atoms with E-state index in [1.165, 1.54) is 6.07 Å². The molecule has 1 atom stereocenters. The lowest BCUT2D eigenvalue weighted by Crippen LogP contribution is -2.54. The van der Waals surface area contributed by atoms with Gasteiger partial charge in [0.25, 0.3) is 11.8 Å². The van der Waals surface area contributed by atoms with Crippen LogP contribution in [0.1, 0.15) is 54.3 Å². The van der Waals surface area contributed by atoms with Crippen LogP contribution >= 0.6 is 0 Å². The van der Waals surface area contributed by atoms with Crippen LogP contribution in [0.4, 0.5) is 5.69 Å². The molecule has 1 fully saturated rings. The average molecular weight is 520 g/mol. The Balaban J connectivity index is 1.34. The minimum atomic E-state index is -1.01. The van der Waals surface area contributed by atoms with Crippen molar-refractivity contribution in [1.29, 1.82) is 0 Å². The van der Waals surface area contributed by atoms with Crippen molar-refractivity contribution in [3.8, 4) is 0 Å². The Morgan fingerprint density at radius 2 is 1.68 bits per heavy atom. The number of rotatable bonds is 13. The van der Waals surface area contributed by atoms with Gasteiger partial charge in [0.15, 0.2) is 0 Å². The number of nitrogens with one attached hydrogen (secondary N) is 2. The monoisotopic (exact) mass is 519 g/mol. The molecule has 0 saturated carbocycles. The Labute approximate surface area is 214 Å². The molecule has 1 aromatic rings. The molecule has 3 rings (SSSR count). The molecule has 1 saturated heterocycles. The largest absolute Gasteiger partial charge is 0.458 e. The lowest BCUT2D eigenvalue weighted by molar-refractivity contribution is -0.160. The van der Waals surface area contributed by atoms with Gasteiger partial charge in [-0.05, 0) is 39.3 Å². The summed E-state index contributed by atoms with van der Waals surface area (Å²) in [7, 11) is 0. The van der Waals surface area contributed by atoms with Crippen LogP contribution in [0, 0.1) is 0 Å². The summed E-state index contributed by atoms with van der Waals surface area (Å²) in [5, 5.41) is 5.28. The minimum Gasteiger partial charge on any atom is -0.458 e. The third-order valence-electron chi connectivity index (χ3n) is 5.41. The summed E-state index contributed by atoms with van der Waals surface area (Å²) in [6.45, 7) is 7.15. The van der Waals surface area contributed by atoms with Crippen LogP contribution in [0.5, 0.6) is 0 Å². The number of carbonyl (C=O) groups excluding carboxylic acids is 5. The quantitative estimate of drug-likeness (QED) is 0.219. The van der Waals surface area contributed by atoms with Gasteiger partial charge in [0.05, 0.1) is 44.2 Å². The molecule has 2 aliphatic rings. The Morgan fingerprint density at radius 1 is 1.00 bits per heavy atom. The van der Waals surface area contributed by atoms with E-state index in [0.29, 0.717) is 38.7 Å². The number of carbonyl (C=O) groups is 5. The van der Waals surface area contributed by atoms with E-state index >= 15 is 0 Å². The number of anilines is 1. The van der Waals surface area contributed by atoms with E-state index in [2.05, 4.69) is 10.6 Å². The van der Waals surface area contributed by atoms with E-state index in [4.69, 9.17) is 18.9 Å². The summed E-state index contributed by atoms with van der Waals surface area (Å²) < 4.78 is 21.2. The Bertz CT molecular complexity index is 1030. The molecule has 0 bridgehead atoms. The maximum atomic E-state index is 13.1. The number of imide groups is 2. The fourth-order valence-electron chi connectivity index (χ4n) is 3.89. The standard InChI is InChI=1S/C25H33N3O9/c1-25(2,3)37-20(30)15-36-14-13-35-12-11-34-10-9-26-17-6-4-5-16-21(17)24(33)28(23(16)32)18-7-8-19(29)27-22(18)31/h4-6,18,26H,7-15H2,1-3H3,(H,27,29,31). The van der Waals surface area contributed by atoms with Gasteiger partial charge < -0.3 is 24.3 Å². The van der Waals surface area contributed by atoms with Crippen molar-refractivity contribution in [2.75, 3.05) is 51.5 Å². The van der Waals surface area contributed by atoms with Crippen molar-refractivity contribution >= 4 is 35.3 Å². The number of fused-ring (bicyclic) bond motifs is 1. The van der Waals surface area contributed by atoms with E-state index in [1.807, 2.05) is 0 Å². The summed E-state index contributed by atoms with van der Waals surface area (Å²) >= 11 is 0. The van der Waals surface area contributed by atoms with Crippen LogP contribution in [0.2, 0.25) is 0 Å². The molecule has 0 radical (unpaired) electrons. The van der Waals surface area contributed by atoms with Crippen LogP contribution in [0.3, 0.4) is 0 Å². The summed E-state index contributed by atoms with van der Waals surface area (Å²) in [5.74, 6) is -2.62. The molecule has 1 unspecified atom stereocenters. The van der Waals surface area contributed by atoms with Gasteiger partial charge >= 0.3 is 5.97 Å². The van der Waals surface area contributed by atoms with Gasteiger partial charge in [0, 0.05) is 18.7 Å². The Kier molecular flexibility index (Phi) is 9.73. The van der Waals surface area contributed by atoms with Crippen molar-refractivity contribution in [2.24, 2.45) is 0 Å². The number of esters is 1. The second-order valence-corrected chi connectivity index (χ2v) is 9.47. The third kappa shape index (κ3) is 7.81. The molecule has 2 heterocycles. The van der Waals surface area contributed by atoms with Crippen LogP contribution in [0.25, 0.3) is 0 Å². The van der Waals surface area contributed by atoms with Crippen LogP contribution < -0.4 is 10.6 Å². The predicted molar refractivity (Wildman–Crippen MR) is 130 cm³/mol. The molecule has 4 amide bonds. The Hall–Kier alpha value is -3.35. The van der Waals surface area contributed by atoms with Crippen molar-refractivity contribution in [1.82, 2.24) is 10.2 Å². The van der Waals surface area contributed by atoms with Crippen molar-refractivity contribution in [3.63, 3.8) is 0 Å². The number of hydrogen-bond donors (Lipinski definition) is 2. The molecule has 2 N–H and O–H groups in total. The SMILES string of the molecule is CC(C)(C)OC(=O)COCCOCCOCCNc1cccc2c1C(=O)N(C1CCC(=O)NC1=O)C2=O. The maximum Gasteiger partial charge on any atom is 0.332 e. The highest BCUT2D eigenvalue weighted by Gasteiger charge is 2.45. The molecule has 2 aliphatic heterocycles. The molecule has 0 aliphatic carbocycles. The van der Waals surface area contributed by atoms with Gasteiger partial charge in [-0.15, -0.1) is 0 Å². The molecular formula is C25H33N3O9. The third-order valence-corrected chi connectivity index (χ3v) is 5.41. The van der Waals surface area contributed by atoms with Gasteiger partial charge in [-0.1, -0.05) is 6.07 Å². The van der Waals surface area contributed by atoms with Gasteiger partial charge in [-0.25, -0.2) is 4.79 Å². The summed E-state index contributed by atoms with van der Waals surface area (Å²) in [5.41, 5.74) is 0.328. The Morgan fingerprint density at radius 3 is 2.35 bits per heavy atom. The van der Waals surface area contributed by atoms with Gasteiger partial charge in [-0.3, -0.25) is 29.4 Å². The fraction of sp³-hybridized carbons (Fsp3) is 0.560. The zero-order chi connectivity index (χ0) is 27.0. The molecule has 0 spiro atoms. The van der Waals surface area contributed by atoms with Gasteiger partial charge in [0.2, 0.25) is 11.8 Å². The molecule has 37 heavy (non-hydrogen) atoms. The lowest BCUT2D eigenvalue weighted by Gasteiger charge is -2.27. The van der Waals surface area contributed by atoms with E-state index in [0.717, 1.165) is 4.90 Å². The smallest absolute Gasteiger partial charge is 0.332 e. The first-order chi connectivity index (χ1) is 17.6. The molecule has 12 nitrogen and oxygen atoms in total. The first-order valence-electron chi connectivity index (χ1n) is 12.1.